The second-order valence-corrected chi connectivity index (χ2v) is 5.80. The molecule has 18 heavy (non-hydrogen) atoms. The van der Waals surface area contributed by atoms with E-state index in [2.05, 4.69) is 0 Å². The van der Waals surface area contributed by atoms with Gasteiger partial charge in [0, 0.05) is 38.2 Å². The topological polar surface area (TPSA) is 70.8 Å². The van der Waals surface area contributed by atoms with Gasteiger partial charge in [0.05, 0.1) is 4.92 Å². The average molecular weight is 326 g/mol. The zero-order valence-electron chi connectivity index (χ0n) is 10.4. The molecule has 0 fully saturated rings. The first-order chi connectivity index (χ1) is 7.50. The standard InChI is InChI=1S/C8H10NO5PS.Ca.Na/c1-12-15(16,13-2)14-8-5-3-7(4-6-8)9(10)11;;/h3-6H,1-2H3;;/q;+2;+1. The molecule has 88 valence electrons. The maximum atomic E-state index is 10.4. The number of benzene rings is 1. The van der Waals surface area contributed by atoms with Gasteiger partial charge >= 0.3 is 74.0 Å². The second kappa shape index (κ2) is 10.0. The molecule has 0 saturated heterocycles. The zero-order chi connectivity index (χ0) is 12.2. The van der Waals surface area contributed by atoms with Gasteiger partial charge < -0.3 is 13.6 Å². The summed E-state index contributed by atoms with van der Waals surface area (Å²) in [5.74, 6) is 0.373. The van der Waals surface area contributed by atoms with Crippen LogP contribution in [0.2, 0.25) is 0 Å². The molecule has 10 heteroatoms. The van der Waals surface area contributed by atoms with Crippen molar-refractivity contribution in [2.45, 2.75) is 0 Å². The Labute approximate surface area is 162 Å². The van der Waals surface area contributed by atoms with E-state index in [1.54, 1.807) is 0 Å². The van der Waals surface area contributed by atoms with E-state index in [0.717, 1.165) is 0 Å². The molecule has 0 bridgehead atoms. The number of nitrogens with zero attached hydrogens (tertiary/aromatic N) is 1. The van der Waals surface area contributed by atoms with Gasteiger partial charge in [-0.15, -0.1) is 0 Å². The summed E-state index contributed by atoms with van der Waals surface area (Å²) in [6.45, 7) is -2.78. The number of hydrogen-bond acceptors (Lipinski definition) is 6. The van der Waals surface area contributed by atoms with Crippen LogP contribution in [0.25, 0.3) is 0 Å². The van der Waals surface area contributed by atoms with Gasteiger partial charge in [0.1, 0.15) is 5.75 Å². The van der Waals surface area contributed by atoms with Gasteiger partial charge in [-0.3, -0.25) is 10.1 Å². The van der Waals surface area contributed by atoms with Crippen molar-refractivity contribution in [1.29, 1.82) is 0 Å². The predicted molar refractivity (Wildman–Crippen MR) is 67.8 cm³/mol. The largest absolute Gasteiger partial charge is 2.00 e. The summed E-state index contributed by atoms with van der Waals surface area (Å²) in [7, 11) is 2.77. The van der Waals surface area contributed by atoms with Crippen molar-refractivity contribution in [3.63, 3.8) is 0 Å². The van der Waals surface area contributed by atoms with Crippen LogP contribution in [-0.4, -0.2) is 56.9 Å². The van der Waals surface area contributed by atoms with Gasteiger partial charge in [-0.1, -0.05) is 0 Å². The van der Waals surface area contributed by atoms with Crippen LogP contribution in [0.4, 0.5) is 5.69 Å². The SMILES string of the molecule is COP(=S)(OC)Oc1ccc([N+](=O)[O-])cc1.[Ca+2].[Na+]. The fraction of sp³-hybridized carbons (Fsp3) is 0.250. The third-order valence-corrected chi connectivity index (χ3v) is 4.16. The fourth-order valence-electron chi connectivity index (χ4n) is 0.907. The van der Waals surface area contributed by atoms with Gasteiger partial charge in [0.25, 0.3) is 5.69 Å². The van der Waals surface area contributed by atoms with Gasteiger partial charge in [-0.2, -0.15) is 0 Å². The minimum atomic E-state index is -2.78. The molecule has 0 atom stereocenters. The number of nitro benzene ring substituents is 1. The Bertz CT molecular complexity index is 424. The van der Waals surface area contributed by atoms with Crippen molar-refractivity contribution in [3.05, 3.63) is 34.4 Å². The van der Waals surface area contributed by atoms with Crippen molar-refractivity contribution in [2.75, 3.05) is 14.2 Å². The Morgan fingerprint density at radius 3 is 2.00 bits per heavy atom. The van der Waals surface area contributed by atoms with Crippen LogP contribution in [0.1, 0.15) is 0 Å². The number of rotatable bonds is 5. The molecular weight excluding hydrogens is 316 g/mol. The Hall–Kier alpha value is 1.25. The Balaban J connectivity index is 0. The van der Waals surface area contributed by atoms with Crippen LogP contribution in [0.15, 0.2) is 24.3 Å². The van der Waals surface area contributed by atoms with E-state index in [1.807, 2.05) is 0 Å². The van der Waals surface area contributed by atoms with Crippen molar-refractivity contribution >= 4 is 62.0 Å². The quantitative estimate of drug-likeness (QED) is 0.303. The van der Waals surface area contributed by atoms with Crippen molar-refractivity contribution < 1.29 is 48.1 Å². The van der Waals surface area contributed by atoms with Crippen molar-refractivity contribution in [3.8, 4) is 5.75 Å². The number of nitro groups is 1. The fourth-order valence-corrected chi connectivity index (χ4v) is 1.84. The van der Waals surface area contributed by atoms with Crippen LogP contribution in [0.3, 0.4) is 0 Å². The first kappa shape index (κ1) is 21.5. The molecule has 0 aliphatic heterocycles. The monoisotopic (exact) mass is 326 g/mol. The van der Waals surface area contributed by atoms with Gasteiger partial charge in [-0.25, -0.2) is 0 Å². The molecule has 0 N–H and O–H groups in total. The van der Waals surface area contributed by atoms with E-state index < -0.39 is 11.6 Å². The molecule has 0 aliphatic rings. The van der Waals surface area contributed by atoms with E-state index in [0.29, 0.717) is 5.75 Å². The summed E-state index contributed by atoms with van der Waals surface area (Å²) in [5, 5.41) is 10.4. The number of hydrogen-bond donors (Lipinski definition) is 0. The molecule has 0 saturated carbocycles. The molecule has 0 heterocycles. The van der Waals surface area contributed by atoms with E-state index in [1.165, 1.54) is 38.5 Å². The summed E-state index contributed by atoms with van der Waals surface area (Å²) in [5.41, 5.74) is -0.0181. The molecular formula is C8H10CaNNaO5PS+3. The van der Waals surface area contributed by atoms with Crippen LogP contribution >= 0.6 is 6.72 Å². The number of non-ortho nitro benzene ring substituents is 1. The maximum absolute atomic E-state index is 10.4. The van der Waals surface area contributed by atoms with Crippen LogP contribution < -0.4 is 34.1 Å². The summed E-state index contributed by atoms with van der Waals surface area (Å²) in [6.07, 6.45) is 0. The van der Waals surface area contributed by atoms with E-state index in [-0.39, 0.29) is 73.0 Å². The molecule has 1 aromatic carbocycles. The zero-order valence-corrected chi connectivity index (χ0v) is 16.3. The first-order valence-electron chi connectivity index (χ1n) is 4.16. The summed E-state index contributed by atoms with van der Waals surface area (Å²) in [6, 6.07) is 5.52. The van der Waals surface area contributed by atoms with E-state index in [4.69, 9.17) is 25.4 Å². The third-order valence-electron chi connectivity index (χ3n) is 1.71. The second-order valence-electron chi connectivity index (χ2n) is 2.65. The van der Waals surface area contributed by atoms with E-state index in [9.17, 15) is 10.1 Å². The minimum absolute atomic E-state index is 0. The first-order valence-corrected chi connectivity index (χ1v) is 6.72. The van der Waals surface area contributed by atoms with Gasteiger partial charge in [0.2, 0.25) is 0 Å². The molecule has 1 aromatic rings. The molecule has 0 amide bonds. The van der Waals surface area contributed by atoms with E-state index >= 15 is 0 Å². The minimum Gasteiger partial charge on any atom is -0.424 e. The molecule has 6 nitrogen and oxygen atoms in total. The van der Waals surface area contributed by atoms with Crippen LogP contribution in [-0.2, 0) is 20.9 Å². The van der Waals surface area contributed by atoms with Crippen molar-refractivity contribution in [2.24, 2.45) is 0 Å². The van der Waals surface area contributed by atoms with Gasteiger partial charge in [-0.05, 0) is 12.1 Å². The van der Waals surface area contributed by atoms with Crippen LogP contribution in [0.5, 0.6) is 5.75 Å². The van der Waals surface area contributed by atoms with Crippen molar-refractivity contribution in [1.82, 2.24) is 0 Å². The summed E-state index contributed by atoms with van der Waals surface area (Å²) in [4.78, 5) is 9.92. The Morgan fingerprint density at radius 1 is 1.22 bits per heavy atom. The molecule has 0 aliphatic carbocycles. The van der Waals surface area contributed by atoms with Crippen LogP contribution in [0, 0.1) is 10.1 Å². The molecule has 0 spiro atoms. The molecule has 0 unspecified atom stereocenters. The smallest absolute Gasteiger partial charge is 0.424 e. The molecule has 0 radical (unpaired) electrons. The Kier molecular flexibility index (Phi) is 12.0. The summed E-state index contributed by atoms with van der Waals surface area (Å²) < 4.78 is 15.1. The summed E-state index contributed by atoms with van der Waals surface area (Å²) >= 11 is 4.98. The predicted octanol–water partition coefficient (Wildman–Crippen LogP) is -0.886. The molecule has 0 aromatic heterocycles. The third kappa shape index (κ3) is 6.61. The maximum Gasteiger partial charge on any atom is 2.00 e. The average Bonchev–Trinajstić information content (AvgIpc) is 2.29. The van der Waals surface area contributed by atoms with Gasteiger partial charge in [0.15, 0.2) is 0 Å². The Morgan fingerprint density at radius 2 is 1.67 bits per heavy atom. The molecule has 1 rings (SSSR count). The normalized spacial score (nSPS) is 9.89.